The van der Waals surface area contributed by atoms with E-state index in [-0.39, 0.29) is 18.2 Å². The van der Waals surface area contributed by atoms with Crippen LogP contribution in [0.5, 0.6) is 5.75 Å². The molecule has 1 saturated carbocycles. The van der Waals surface area contributed by atoms with Crippen LogP contribution in [0.4, 0.5) is 13.2 Å². The molecule has 128 valence electrons. The largest absolute Gasteiger partial charge is 0.484 e. The van der Waals surface area contributed by atoms with Crippen LogP contribution in [0.1, 0.15) is 37.7 Å². The fourth-order valence-electron chi connectivity index (χ4n) is 2.68. The Morgan fingerprint density at radius 2 is 1.96 bits per heavy atom. The highest BCUT2D eigenvalue weighted by Gasteiger charge is 2.34. The number of benzene rings is 1. The monoisotopic (exact) mass is 330 g/mol. The molecule has 0 aromatic heterocycles. The van der Waals surface area contributed by atoms with Crippen LogP contribution in [-0.2, 0) is 11.3 Å². The average Bonchev–Trinajstić information content (AvgIpc) is 2.51. The molecule has 1 aliphatic carbocycles. The first kappa shape index (κ1) is 17.6. The number of rotatable bonds is 5. The second-order valence-electron chi connectivity index (χ2n) is 5.95. The molecule has 0 bridgehead atoms. The SMILES string of the molecule is NC1(C(=O)NCc2cccc(OCC(F)(F)F)c2)CCCCC1. The molecule has 0 spiro atoms. The van der Waals surface area contributed by atoms with Crippen LogP contribution in [-0.4, -0.2) is 24.2 Å². The number of alkyl halides is 3. The van der Waals surface area contributed by atoms with Gasteiger partial charge in [-0.05, 0) is 30.5 Å². The maximum absolute atomic E-state index is 12.2. The summed E-state index contributed by atoms with van der Waals surface area (Å²) in [6.07, 6.45) is -0.0987. The number of nitrogens with one attached hydrogen (secondary N) is 1. The van der Waals surface area contributed by atoms with Crippen molar-refractivity contribution in [3.63, 3.8) is 0 Å². The second-order valence-corrected chi connectivity index (χ2v) is 5.95. The number of nitrogens with two attached hydrogens (primary N) is 1. The van der Waals surface area contributed by atoms with Gasteiger partial charge in [0.2, 0.25) is 5.91 Å². The standard InChI is InChI=1S/C16H21F3N2O2/c17-16(18,19)11-23-13-6-4-5-12(9-13)10-21-14(22)15(20)7-2-1-3-8-15/h4-6,9H,1-3,7-8,10-11,20H2,(H,21,22). The normalized spacial score (nSPS) is 17.6. The minimum atomic E-state index is -4.38. The maximum atomic E-state index is 12.2. The lowest BCUT2D eigenvalue weighted by Gasteiger charge is -2.31. The van der Waals surface area contributed by atoms with Gasteiger partial charge in [-0.25, -0.2) is 0 Å². The number of carbonyl (C=O) groups excluding carboxylic acids is 1. The van der Waals surface area contributed by atoms with Gasteiger partial charge in [-0.15, -0.1) is 0 Å². The van der Waals surface area contributed by atoms with E-state index in [9.17, 15) is 18.0 Å². The molecule has 4 nitrogen and oxygen atoms in total. The van der Waals surface area contributed by atoms with Gasteiger partial charge in [0.15, 0.2) is 6.61 Å². The van der Waals surface area contributed by atoms with Crippen LogP contribution in [0.2, 0.25) is 0 Å². The molecular weight excluding hydrogens is 309 g/mol. The van der Waals surface area contributed by atoms with Gasteiger partial charge in [-0.3, -0.25) is 4.79 Å². The Balaban J connectivity index is 1.89. The lowest BCUT2D eigenvalue weighted by atomic mass is 9.82. The topological polar surface area (TPSA) is 64.4 Å². The molecule has 1 fully saturated rings. The van der Waals surface area contributed by atoms with Crippen LogP contribution in [0.3, 0.4) is 0 Å². The third kappa shape index (κ3) is 5.42. The van der Waals surface area contributed by atoms with Crippen molar-refractivity contribution in [2.75, 3.05) is 6.61 Å². The van der Waals surface area contributed by atoms with Gasteiger partial charge in [0.25, 0.3) is 0 Å². The van der Waals surface area contributed by atoms with Gasteiger partial charge in [-0.2, -0.15) is 13.2 Å². The molecule has 0 atom stereocenters. The van der Waals surface area contributed by atoms with Crippen LogP contribution >= 0.6 is 0 Å². The highest BCUT2D eigenvalue weighted by atomic mass is 19.4. The number of amides is 1. The third-order valence-electron chi connectivity index (χ3n) is 3.95. The molecular formula is C16H21F3N2O2. The van der Waals surface area contributed by atoms with Crippen LogP contribution in [0, 0.1) is 0 Å². The van der Waals surface area contributed by atoms with Crippen molar-refractivity contribution in [3.05, 3.63) is 29.8 Å². The van der Waals surface area contributed by atoms with Crippen molar-refractivity contribution in [1.82, 2.24) is 5.32 Å². The Bertz CT molecular complexity index is 540. The van der Waals surface area contributed by atoms with Crippen molar-refractivity contribution in [2.45, 2.75) is 50.4 Å². The zero-order valence-electron chi connectivity index (χ0n) is 12.8. The summed E-state index contributed by atoms with van der Waals surface area (Å²) in [5.41, 5.74) is 5.96. The van der Waals surface area contributed by atoms with Gasteiger partial charge in [0.05, 0.1) is 5.54 Å². The predicted molar refractivity (Wildman–Crippen MR) is 79.8 cm³/mol. The number of halogens is 3. The first-order valence-corrected chi connectivity index (χ1v) is 7.64. The minimum absolute atomic E-state index is 0.120. The summed E-state index contributed by atoms with van der Waals surface area (Å²) in [4.78, 5) is 12.2. The van der Waals surface area contributed by atoms with Gasteiger partial charge in [0, 0.05) is 6.54 Å². The molecule has 1 aromatic rings. The number of carbonyl (C=O) groups is 1. The van der Waals surface area contributed by atoms with Crippen LogP contribution < -0.4 is 15.8 Å². The maximum Gasteiger partial charge on any atom is 0.422 e. The van der Waals surface area contributed by atoms with Gasteiger partial charge in [-0.1, -0.05) is 31.4 Å². The summed E-state index contributed by atoms with van der Waals surface area (Å²) >= 11 is 0. The summed E-state index contributed by atoms with van der Waals surface area (Å²) in [6, 6.07) is 6.23. The summed E-state index contributed by atoms with van der Waals surface area (Å²) in [5.74, 6) is -0.0898. The molecule has 0 radical (unpaired) electrons. The van der Waals surface area contributed by atoms with E-state index in [4.69, 9.17) is 10.5 Å². The molecule has 7 heteroatoms. The highest BCUT2D eigenvalue weighted by Crippen LogP contribution is 2.26. The van der Waals surface area contributed by atoms with E-state index in [2.05, 4.69) is 5.32 Å². The summed E-state index contributed by atoms with van der Waals surface area (Å²) in [7, 11) is 0. The van der Waals surface area contributed by atoms with Gasteiger partial charge >= 0.3 is 6.18 Å². The summed E-state index contributed by atoms with van der Waals surface area (Å²) in [6.45, 7) is -1.13. The van der Waals surface area contributed by atoms with E-state index >= 15 is 0 Å². The molecule has 0 aliphatic heterocycles. The van der Waals surface area contributed by atoms with Gasteiger partial charge < -0.3 is 15.8 Å². The Morgan fingerprint density at radius 1 is 1.26 bits per heavy atom. The summed E-state index contributed by atoms with van der Waals surface area (Å²) in [5, 5.41) is 2.77. The van der Waals surface area contributed by atoms with Gasteiger partial charge in [0.1, 0.15) is 5.75 Å². The second kappa shape index (κ2) is 7.21. The van der Waals surface area contributed by atoms with Crippen molar-refractivity contribution in [2.24, 2.45) is 5.73 Å². The molecule has 1 aromatic carbocycles. The van der Waals surface area contributed by atoms with E-state index in [0.29, 0.717) is 18.4 Å². The van der Waals surface area contributed by atoms with Crippen molar-refractivity contribution in [3.8, 4) is 5.75 Å². The minimum Gasteiger partial charge on any atom is -0.484 e. The fraction of sp³-hybridized carbons (Fsp3) is 0.562. The molecule has 0 heterocycles. The first-order chi connectivity index (χ1) is 10.8. The molecule has 0 saturated heterocycles. The fourth-order valence-corrected chi connectivity index (χ4v) is 2.68. The molecule has 1 amide bonds. The molecule has 23 heavy (non-hydrogen) atoms. The lowest BCUT2D eigenvalue weighted by molar-refractivity contribution is -0.153. The molecule has 3 N–H and O–H groups in total. The Hall–Kier alpha value is -1.76. The number of ether oxygens (including phenoxy) is 1. The van der Waals surface area contributed by atoms with E-state index in [0.717, 1.165) is 19.3 Å². The predicted octanol–water partition coefficient (Wildman–Crippen LogP) is 2.91. The Labute approximate surface area is 133 Å². The van der Waals surface area contributed by atoms with Crippen molar-refractivity contribution < 1.29 is 22.7 Å². The van der Waals surface area contributed by atoms with Crippen molar-refractivity contribution in [1.29, 1.82) is 0 Å². The van der Waals surface area contributed by atoms with Crippen molar-refractivity contribution >= 4 is 5.91 Å². The quantitative estimate of drug-likeness (QED) is 0.872. The number of hydrogen-bond donors (Lipinski definition) is 2. The summed E-state index contributed by atoms with van der Waals surface area (Å²) < 4.78 is 41.1. The van der Waals surface area contributed by atoms with E-state index in [1.54, 1.807) is 12.1 Å². The number of hydrogen-bond acceptors (Lipinski definition) is 3. The third-order valence-corrected chi connectivity index (χ3v) is 3.95. The zero-order valence-corrected chi connectivity index (χ0v) is 12.8. The van der Waals surface area contributed by atoms with Crippen LogP contribution in [0.25, 0.3) is 0 Å². The Kier molecular flexibility index (Phi) is 5.51. The lowest BCUT2D eigenvalue weighted by Crippen LogP contribution is -2.54. The smallest absolute Gasteiger partial charge is 0.422 e. The zero-order chi connectivity index (χ0) is 16.9. The van der Waals surface area contributed by atoms with E-state index in [1.807, 2.05) is 0 Å². The molecule has 0 unspecified atom stereocenters. The Morgan fingerprint density at radius 3 is 2.61 bits per heavy atom. The molecule has 2 rings (SSSR count). The average molecular weight is 330 g/mol. The first-order valence-electron chi connectivity index (χ1n) is 7.64. The van der Waals surface area contributed by atoms with E-state index < -0.39 is 18.3 Å². The van der Waals surface area contributed by atoms with E-state index in [1.165, 1.54) is 12.1 Å². The van der Waals surface area contributed by atoms with Crippen LogP contribution in [0.15, 0.2) is 24.3 Å². The highest BCUT2D eigenvalue weighted by molar-refractivity contribution is 5.86. The molecule has 1 aliphatic rings.